The number of hydrogen-bond donors (Lipinski definition) is 3. The molecule has 0 heterocycles. The number of Topliss-reactive ketones (excluding diaryl/α,β-unsaturated/α-hetero) is 1. The molecule has 0 radical (unpaired) electrons. The van der Waals surface area contributed by atoms with Crippen molar-refractivity contribution in [3.8, 4) is 0 Å². The fourth-order valence-electron chi connectivity index (χ4n) is 1.91. The second-order valence-electron chi connectivity index (χ2n) is 5.51. The van der Waals surface area contributed by atoms with Crippen LogP contribution in [0.25, 0.3) is 0 Å². The molecule has 1 aromatic rings. The van der Waals surface area contributed by atoms with Gasteiger partial charge in [0.05, 0.1) is 12.2 Å². The predicted molar refractivity (Wildman–Crippen MR) is 93.2 cm³/mol. The fraction of sp³-hybridized carbons (Fsp3) is 0.438. The molecule has 132 valence electrons. The fourth-order valence-corrected chi connectivity index (χ4v) is 2.25. The molecule has 3 amide bonds. The summed E-state index contributed by atoms with van der Waals surface area (Å²) >= 11 is 3.13. The molecule has 2 unspecified atom stereocenters. The molecule has 8 heteroatoms. The number of urea groups is 1. The van der Waals surface area contributed by atoms with E-state index in [0.29, 0.717) is 10.9 Å². The molecule has 0 saturated heterocycles. The van der Waals surface area contributed by atoms with Crippen LogP contribution in [-0.2, 0) is 9.59 Å². The summed E-state index contributed by atoms with van der Waals surface area (Å²) in [5, 5.41) is 7.38. The van der Waals surface area contributed by atoms with Gasteiger partial charge in [0.2, 0.25) is 5.91 Å². The minimum Gasteiger partial charge on any atom is -0.347 e. The lowest BCUT2D eigenvalue weighted by atomic mass is 9.98. The van der Waals surface area contributed by atoms with E-state index in [2.05, 4.69) is 31.9 Å². The van der Waals surface area contributed by atoms with Crippen LogP contribution in [0.3, 0.4) is 0 Å². The van der Waals surface area contributed by atoms with Crippen LogP contribution in [0.1, 0.15) is 27.2 Å². The normalized spacial score (nSPS) is 12.9. The van der Waals surface area contributed by atoms with E-state index in [0.717, 1.165) is 0 Å². The lowest BCUT2D eigenvalue weighted by Crippen LogP contribution is -2.52. The molecule has 1 rings (SSSR count). The van der Waals surface area contributed by atoms with Crippen molar-refractivity contribution in [3.05, 3.63) is 28.5 Å². The van der Waals surface area contributed by atoms with E-state index in [1.165, 1.54) is 19.1 Å². The van der Waals surface area contributed by atoms with Crippen LogP contribution < -0.4 is 16.0 Å². The predicted octanol–water partition coefficient (Wildman–Crippen LogP) is 2.83. The average Bonchev–Trinajstić information content (AvgIpc) is 2.52. The van der Waals surface area contributed by atoms with E-state index in [9.17, 15) is 18.8 Å². The highest BCUT2D eigenvalue weighted by Crippen LogP contribution is 2.19. The van der Waals surface area contributed by atoms with Crippen LogP contribution in [0.15, 0.2) is 22.7 Å². The number of carbonyl (C=O) groups excluding carboxylic acids is 3. The highest BCUT2D eigenvalue weighted by molar-refractivity contribution is 9.10. The van der Waals surface area contributed by atoms with Crippen molar-refractivity contribution in [2.45, 2.75) is 33.2 Å². The molecule has 0 aliphatic heterocycles. The van der Waals surface area contributed by atoms with Crippen LogP contribution in [0, 0.1) is 11.7 Å². The Morgan fingerprint density at radius 3 is 2.50 bits per heavy atom. The van der Waals surface area contributed by atoms with Gasteiger partial charge in [-0.15, -0.1) is 0 Å². The van der Waals surface area contributed by atoms with Crippen molar-refractivity contribution < 1.29 is 18.8 Å². The van der Waals surface area contributed by atoms with Crippen LogP contribution in [0.2, 0.25) is 0 Å². The number of rotatable bonds is 7. The minimum atomic E-state index is -0.826. The van der Waals surface area contributed by atoms with Crippen LogP contribution in [0.4, 0.5) is 14.9 Å². The van der Waals surface area contributed by atoms with E-state index in [1.54, 1.807) is 13.0 Å². The number of halogens is 2. The molecular weight excluding hydrogens is 381 g/mol. The van der Waals surface area contributed by atoms with E-state index in [-0.39, 0.29) is 23.9 Å². The first kappa shape index (κ1) is 20.1. The summed E-state index contributed by atoms with van der Waals surface area (Å²) in [4.78, 5) is 35.2. The Kier molecular flexibility index (Phi) is 7.84. The Morgan fingerprint density at radius 1 is 1.29 bits per heavy atom. The summed E-state index contributed by atoms with van der Waals surface area (Å²) in [5.41, 5.74) is 0.00254. The van der Waals surface area contributed by atoms with Crippen molar-refractivity contribution in [1.29, 1.82) is 0 Å². The molecule has 0 aliphatic carbocycles. The van der Waals surface area contributed by atoms with E-state index >= 15 is 0 Å². The van der Waals surface area contributed by atoms with Gasteiger partial charge in [0.25, 0.3) is 0 Å². The molecule has 6 nitrogen and oxygen atoms in total. The largest absolute Gasteiger partial charge is 0.347 e. The summed E-state index contributed by atoms with van der Waals surface area (Å²) in [6, 6.07) is 2.70. The van der Waals surface area contributed by atoms with E-state index in [4.69, 9.17) is 0 Å². The number of nitrogens with one attached hydrogen (secondary N) is 3. The Balaban J connectivity index is 2.76. The van der Waals surface area contributed by atoms with E-state index < -0.39 is 23.8 Å². The van der Waals surface area contributed by atoms with E-state index in [1.807, 2.05) is 6.92 Å². The number of benzene rings is 1. The zero-order chi connectivity index (χ0) is 18.3. The maximum Gasteiger partial charge on any atom is 0.319 e. The Bertz CT molecular complexity index is 625. The van der Waals surface area contributed by atoms with Crippen molar-refractivity contribution in [3.63, 3.8) is 0 Å². The third-order valence-corrected chi connectivity index (χ3v) is 3.97. The van der Waals surface area contributed by atoms with Gasteiger partial charge in [-0.1, -0.05) is 36.2 Å². The van der Waals surface area contributed by atoms with Gasteiger partial charge in [-0.05, 0) is 31.0 Å². The van der Waals surface area contributed by atoms with Gasteiger partial charge in [-0.3, -0.25) is 9.59 Å². The molecule has 3 N–H and O–H groups in total. The third-order valence-electron chi connectivity index (χ3n) is 3.47. The third kappa shape index (κ3) is 6.27. The van der Waals surface area contributed by atoms with Crippen molar-refractivity contribution in [1.82, 2.24) is 10.6 Å². The lowest BCUT2D eigenvalue weighted by Gasteiger charge is -2.23. The number of carbonyl (C=O) groups is 3. The van der Waals surface area contributed by atoms with Crippen molar-refractivity contribution in [2.75, 3.05) is 11.9 Å². The molecule has 0 spiro atoms. The number of ketones is 1. The van der Waals surface area contributed by atoms with Gasteiger partial charge in [-0.25, -0.2) is 9.18 Å². The average molecular weight is 402 g/mol. The second kappa shape index (κ2) is 9.36. The first-order valence-corrected chi connectivity index (χ1v) is 8.33. The molecule has 1 aromatic carbocycles. The van der Waals surface area contributed by atoms with Gasteiger partial charge in [0.1, 0.15) is 17.6 Å². The maximum absolute atomic E-state index is 13.8. The lowest BCUT2D eigenvalue weighted by molar-refractivity contribution is -0.126. The summed E-state index contributed by atoms with van der Waals surface area (Å²) in [6.45, 7) is 4.94. The first-order valence-electron chi connectivity index (χ1n) is 7.54. The molecule has 0 fully saturated rings. The maximum atomic E-state index is 13.8. The quantitative estimate of drug-likeness (QED) is 0.656. The van der Waals surface area contributed by atoms with Crippen LogP contribution in [0.5, 0.6) is 0 Å². The summed E-state index contributed by atoms with van der Waals surface area (Å²) < 4.78 is 14.3. The minimum absolute atomic E-state index is 0.00254. The standard InChI is InChI=1S/C16H21BrFN3O3/c1-4-9(2)14(15(23)19-8-10(3)22)21-16(24)20-13-6-5-11(17)7-12(13)18/h5-7,9,14H,4,8H2,1-3H3,(H,19,23)(H2,20,21,24). The Morgan fingerprint density at radius 2 is 1.96 bits per heavy atom. The molecule has 0 aromatic heterocycles. The highest BCUT2D eigenvalue weighted by atomic mass is 79.9. The number of anilines is 1. The van der Waals surface area contributed by atoms with Gasteiger partial charge in [0.15, 0.2) is 0 Å². The van der Waals surface area contributed by atoms with Crippen LogP contribution >= 0.6 is 15.9 Å². The monoisotopic (exact) mass is 401 g/mol. The summed E-state index contributed by atoms with van der Waals surface area (Å²) in [6.07, 6.45) is 0.644. The second-order valence-corrected chi connectivity index (χ2v) is 6.42. The Labute approximate surface area is 148 Å². The van der Waals surface area contributed by atoms with Gasteiger partial charge < -0.3 is 16.0 Å². The van der Waals surface area contributed by atoms with Crippen molar-refractivity contribution >= 4 is 39.3 Å². The molecular formula is C16H21BrFN3O3. The topological polar surface area (TPSA) is 87.3 Å². The number of hydrogen-bond acceptors (Lipinski definition) is 3. The van der Waals surface area contributed by atoms with Crippen molar-refractivity contribution in [2.24, 2.45) is 5.92 Å². The Hall–Kier alpha value is -1.96. The first-order chi connectivity index (χ1) is 11.2. The SMILES string of the molecule is CCC(C)C(NC(=O)Nc1ccc(Br)cc1F)C(=O)NCC(C)=O. The molecule has 0 aliphatic rings. The van der Waals surface area contributed by atoms with Crippen LogP contribution in [-0.4, -0.2) is 30.3 Å². The molecule has 0 bridgehead atoms. The zero-order valence-electron chi connectivity index (χ0n) is 13.8. The van der Waals surface area contributed by atoms with Gasteiger partial charge in [0, 0.05) is 4.47 Å². The smallest absolute Gasteiger partial charge is 0.319 e. The molecule has 24 heavy (non-hydrogen) atoms. The number of amides is 3. The van der Waals surface area contributed by atoms with Gasteiger partial charge >= 0.3 is 6.03 Å². The summed E-state index contributed by atoms with van der Waals surface area (Å²) in [7, 11) is 0. The molecule has 0 saturated carbocycles. The summed E-state index contributed by atoms with van der Waals surface area (Å²) in [5.74, 6) is -1.39. The van der Waals surface area contributed by atoms with Gasteiger partial charge in [-0.2, -0.15) is 0 Å². The highest BCUT2D eigenvalue weighted by Gasteiger charge is 2.26. The zero-order valence-corrected chi connectivity index (χ0v) is 15.4. The molecule has 2 atom stereocenters.